The van der Waals surface area contributed by atoms with Crippen molar-refractivity contribution in [2.75, 3.05) is 6.61 Å². The predicted molar refractivity (Wildman–Crippen MR) is 133 cm³/mol. The molecule has 1 aliphatic rings. The quantitative estimate of drug-likeness (QED) is 0.347. The normalized spacial score (nSPS) is 18.1. The Morgan fingerprint density at radius 2 is 1.36 bits per heavy atom. The largest absolute Gasteiger partial charge is 0.508 e. The minimum Gasteiger partial charge on any atom is -0.459 e. The van der Waals surface area contributed by atoms with Gasteiger partial charge in [-0.1, -0.05) is 74.5 Å². The summed E-state index contributed by atoms with van der Waals surface area (Å²) in [6.07, 6.45) is 1.65. The van der Waals surface area contributed by atoms with Crippen molar-refractivity contribution in [2.45, 2.75) is 64.9 Å². The van der Waals surface area contributed by atoms with Crippen molar-refractivity contribution in [3.63, 3.8) is 0 Å². The van der Waals surface area contributed by atoms with Gasteiger partial charge in [0.2, 0.25) is 0 Å². The molecule has 1 unspecified atom stereocenters. The maximum Gasteiger partial charge on any atom is 0.508 e. The van der Waals surface area contributed by atoms with E-state index in [2.05, 4.69) is 19.2 Å². The molecule has 36 heavy (non-hydrogen) atoms. The molecule has 0 heterocycles. The molecule has 8 heteroatoms. The summed E-state index contributed by atoms with van der Waals surface area (Å²) in [5, 5.41) is 2.43. The molecule has 8 nitrogen and oxygen atoms in total. The van der Waals surface area contributed by atoms with Gasteiger partial charge in [-0.05, 0) is 48.6 Å². The van der Waals surface area contributed by atoms with E-state index in [1.165, 1.54) is 0 Å². The van der Waals surface area contributed by atoms with Gasteiger partial charge in [-0.15, -0.1) is 0 Å². The highest BCUT2D eigenvalue weighted by Gasteiger charge is 2.28. The average molecular weight is 498 g/mol. The van der Waals surface area contributed by atoms with E-state index in [1.807, 2.05) is 60.7 Å². The maximum atomic E-state index is 12.7. The molecule has 2 aromatic rings. The van der Waals surface area contributed by atoms with Crippen molar-refractivity contribution in [3.8, 4) is 0 Å². The molecule has 3 rings (SSSR count). The average Bonchev–Trinajstić information content (AvgIpc) is 2.90. The van der Waals surface area contributed by atoms with Crippen molar-refractivity contribution in [2.24, 2.45) is 11.8 Å². The van der Waals surface area contributed by atoms with Crippen LogP contribution in [-0.2, 0) is 37.0 Å². The van der Waals surface area contributed by atoms with Crippen LogP contribution >= 0.6 is 0 Å². The highest BCUT2D eigenvalue weighted by atomic mass is 16.7. The first-order chi connectivity index (χ1) is 17.4. The van der Waals surface area contributed by atoms with Crippen LogP contribution in [0, 0.1) is 11.8 Å². The lowest BCUT2D eigenvalue weighted by Crippen LogP contribution is -2.45. The fourth-order valence-corrected chi connectivity index (χ4v) is 4.10. The monoisotopic (exact) mass is 497 g/mol. The van der Waals surface area contributed by atoms with Gasteiger partial charge in [0.15, 0.2) is 6.04 Å². The van der Waals surface area contributed by atoms with Crippen LogP contribution < -0.4 is 5.32 Å². The molecule has 0 bridgehead atoms. The van der Waals surface area contributed by atoms with E-state index in [9.17, 15) is 14.4 Å². The molecule has 1 amide bonds. The van der Waals surface area contributed by atoms with E-state index < -0.39 is 30.9 Å². The molecule has 1 saturated carbocycles. The summed E-state index contributed by atoms with van der Waals surface area (Å²) < 4.78 is 21.1. The molecule has 0 saturated heterocycles. The second-order valence-corrected chi connectivity index (χ2v) is 9.31. The van der Waals surface area contributed by atoms with E-state index >= 15 is 0 Å². The first kappa shape index (κ1) is 27.0. The Balaban J connectivity index is 1.50. The van der Waals surface area contributed by atoms with Gasteiger partial charge in [0.1, 0.15) is 25.9 Å². The summed E-state index contributed by atoms with van der Waals surface area (Å²) in [5.41, 5.74) is 1.58. The van der Waals surface area contributed by atoms with Crippen molar-refractivity contribution in [1.82, 2.24) is 5.32 Å². The Morgan fingerprint density at radius 1 is 0.806 bits per heavy atom. The number of carbonyl (C=O) groups is 3. The molecular weight excluding hydrogens is 462 g/mol. The number of hydrogen-bond donors (Lipinski definition) is 1. The van der Waals surface area contributed by atoms with E-state index in [4.69, 9.17) is 18.9 Å². The summed E-state index contributed by atoms with van der Waals surface area (Å²) >= 11 is 0. The van der Waals surface area contributed by atoms with Gasteiger partial charge in [-0.2, -0.15) is 0 Å². The Labute approximate surface area is 212 Å². The zero-order valence-corrected chi connectivity index (χ0v) is 20.9. The lowest BCUT2D eigenvalue weighted by molar-refractivity contribution is -0.148. The van der Waals surface area contributed by atoms with Gasteiger partial charge in [0, 0.05) is 0 Å². The number of ether oxygens (including phenoxy) is 4. The molecule has 1 fully saturated rings. The fraction of sp³-hybridized carbons (Fsp3) is 0.464. The smallest absolute Gasteiger partial charge is 0.459 e. The molecule has 2 aromatic carbocycles. The highest BCUT2D eigenvalue weighted by Crippen LogP contribution is 2.31. The summed E-state index contributed by atoms with van der Waals surface area (Å²) in [7, 11) is 0. The summed E-state index contributed by atoms with van der Waals surface area (Å²) in [5.74, 6) is 0.491. The van der Waals surface area contributed by atoms with Crippen LogP contribution in [0.5, 0.6) is 0 Å². The van der Waals surface area contributed by atoms with Gasteiger partial charge < -0.3 is 24.3 Å². The fourth-order valence-electron chi connectivity index (χ4n) is 4.10. The molecule has 0 spiro atoms. The van der Waals surface area contributed by atoms with E-state index in [0.717, 1.165) is 36.8 Å². The third-order valence-corrected chi connectivity index (χ3v) is 6.31. The third-order valence-electron chi connectivity index (χ3n) is 6.31. The molecule has 0 aliphatic heterocycles. The zero-order valence-electron chi connectivity index (χ0n) is 20.9. The molecule has 1 N–H and O–H groups in total. The van der Waals surface area contributed by atoms with Crippen LogP contribution in [0.3, 0.4) is 0 Å². The van der Waals surface area contributed by atoms with Crippen LogP contribution in [0.15, 0.2) is 60.7 Å². The minimum absolute atomic E-state index is 0.0143. The predicted octanol–water partition coefficient (Wildman–Crippen LogP) is 5.39. The van der Waals surface area contributed by atoms with Crippen LogP contribution in [-0.4, -0.2) is 37.0 Å². The van der Waals surface area contributed by atoms with Crippen molar-refractivity contribution in [3.05, 3.63) is 71.8 Å². The summed E-state index contributed by atoms with van der Waals surface area (Å²) in [6.45, 7) is 4.01. The number of nitrogens with one attached hydrogen (secondary N) is 1. The number of esters is 1. The Hall–Kier alpha value is -3.55. The van der Waals surface area contributed by atoms with E-state index in [0.29, 0.717) is 11.8 Å². The molecule has 0 aromatic heterocycles. The summed E-state index contributed by atoms with van der Waals surface area (Å²) in [6, 6.07) is 17.0. The van der Waals surface area contributed by atoms with Gasteiger partial charge in [0.05, 0.1) is 0 Å². The standard InChI is InChI=1S/C28H35NO7/c1-20(2)23-13-15-24(16-14-23)36-28(32)35-19-25(26(30)33-17-21-9-5-3-6-10-21)29-27(31)34-18-22-11-7-4-8-12-22/h3-12,20,23-25H,13-19H2,1-2H3,(H,29,31). The van der Waals surface area contributed by atoms with Crippen molar-refractivity contribution in [1.29, 1.82) is 0 Å². The van der Waals surface area contributed by atoms with E-state index in [1.54, 1.807) is 0 Å². The number of hydrogen-bond acceptors (Lipinski definition) is 7. The number of carbonyl (C=O) groups excluding carboxylic acids is 3. The third kappa shape index (κ3) is 9.24. The Bertz CT molecular complexity index is 956. The Kier molecular flexibility index (Phi) is 10.6. The number of benzene rings is 2. The number of alkyl carbamates (subject to hydrolysis) is 1. The lowest BCUT2D eigenvalue weighted by atomic mass is 9.80. The zero-order chi connectivity index (χ0) is 25.8. The lowest BCUT2D eigenvalue weighted by Gasteiger charge is -2.30. The molecule has 0 radical (unpaired) electrons. The van der Waals surface area contributed by atoms with Crippen molar-refractivity contribution < 1.29 is 33.3 Å². The Morgan fingerprint density at radius 3 is 1.92 bits per heavy atom. The van der Waals surface area contributed by atoms with Gasteiger partial charge >= 0.3 is 18.2 Å². The molecule has 194 valence electrons. The maximum absolute atomic E-state index is 12.7. The van der Waals surface area contributed by atoms with Crippen molar-refractivity contribution >= 4 is 18.2 Å². The number of rotatable bonds is 10. The van der Waals surface area contributed by atoms with Crippen LogP contribution in [0.2, 0.25) is 0 Å². The van der Waals surface area contributed by atoms with Gasteiger partial charge in [0.25, 0.3) is 0 Å². The SMILES string of the molecule is CC(C)C1CCC(OC(=O)OCC(NC(=O)OCc2ccccc2)C(=O)OCc2ccccc2)CC1. The number of amides is 1. The summed E-state index contributed by atoms with van der Waals surface area (Å²) in [4.78, 5) is 37.3. The minimum atomic E-state index is -1.25. The van der Waals surface area contributed by atoms with Crippen LogP contribution in [0.25, 0.3) is 0 Å². The first-order valence-electron chi connectivity index (χ1n) is 12.4. The second kappa shape index (κ2) is 14.1. The van der Waals surface area contributed by atoms with Crippen LogP contribution in [0.4, 0.5) is 9.59 Å². The second-order valence-electron chi connectivity index (χ2n) is 9.31. The molecule has 1 atom stereocenters. The van der Waals surface area contributed by atoms with Crippen LogP contribution in [0.1, 0.15) is 50.7 Å². The molecule has 1 aliphatic carbocycles. The molecular formula is C28H35NO7. The topological polar surface area (TPSA) is 100 Å². The first-order valence-corrected chi connectivity index (χ1v) is 12.4. The van der Waals surface area contributed by atoms with Gasteiger partial charge in [-0.25, -0.2) is 14.4 Å². The van der Waals surface area contributed by atoms with Gasteiger partial charge in [-0.3, -0.25) is 0 Å². The van der Waals surface area contributed by atoms with E-state index in [-0.39, 0.29) is 19.3 Å². The highest BCUT2D eigenvalue weighted by molar-refractivity contribution is 5.81.